The predicted octanol–water partition coefficient (Wildman–Crippen LogP) is 2.54. The lowest BCUT2D eigenvalue weighted by Gasteiger charge is -2.13. The first kappa shape index (κ1) is 12.8. The SMILES string of the molecule is CCSCC(C)Nc1ncccc1[N+](=O)[O-]. The molecule has 0 spiro atoms. The van der Waals surface area contributed by atoms with Crippen molar-refractivity contribution in [1.29, 1.82) is 0 Å². The summed E-state index contributed by atoms with van der Waals surface area (Å²) < 4.78 is 0. The van der Waals surface area contributed by atoms with Gasteiger partial charge in [0.05, 0.1) is 4.92 Å². The second kappa shape index (κ2) is 6.32. The fourth-order valence-electron chi connectivity index (χ4n) is 1.23. The van der Waals surface area contributed by atoms with Crippen molar-refractivity contribution in [2.24, 2.45) is 0 Å². The van der Waals surface area contributed by atoms with Crippen molar-refractivity contribution in [2.45, 2.75) is 19.9 Å². The standard InChI is InChI=1S/C10H15N3O2S/c1-3-16-7-8(2)12-10-9(13(14)15)5-4-6-11-10/h4-6,8H,3,7H2,1-2H3,(H,11,12). The summed E-state index contributed by atoms with van der Waals surface area (Å²) in [5.74, 6) is 2.29. The third-order valence-corrected chi connectivity index (χ3v) is 3.08. The van der Waals surface area contributed by atoms with Crippen molar-refractivity contribution in [3.63, 3.8) is 0 Å². The average Bonchev–Trinajstić information content (AvgIpc) is 2.27. The third-order valence-electron chi connectivity index (χ3n) is 1.94. The minimum Gasteiger partial charge on any atom is -0.361 e. The monoisotopic (exact) mass is 241 g/mol. The number of nitrogens with zero attached hydrogens (tertiary/aromatic N) is 2. The highest BCUT2D eigenvalue weighted by atomic mass is 32.2. The number of hydrogen-bond acceptors (Lipinski definition) is 5. The molecule has 1 unspecified atom stereocenters. The van der Waals surface area contributed by atoms with Gasteiger partial charge in [-0.1, -0.05) is 6.92 Å². The van der Waals surface area contributed by atoms with E-state index in [0.717, 1.165) is 11.5 Å². The normalized spacial score (nSPS) is 12.1. The Bertz CT molecular complexity index is 360. The Kier molecular flexibility index (Phi) is 5.04. The topological polar surface area (TPSA) is 68.1 Å². The van der Waals surface area contributed by atoms with Crippen LogP contribution in [0.2, 0.25) is 0 Å². The summed E-state index contributed by atoms with van der Waals surface area (Å²) in [6.07, 6.45) is 1.55. The molecule has 1 aromatic rings. The molecule has 1 rings (SSSR count). The predicted molar refractivity (Wildman–Crippen MR) is 67.0 cm³/mol. The molecule has 88 valence electrons. The van der Waals surface area contributed by atoms with Gasteiger partial charge in [-0.2, -0.15) is 11.8 Å². The van der Waals surface area contributed by atoms with Crippen LogP contribution in [0.5, 0.6) is 0 Å². The number of thioether (sulfide) groups is 1. The number of aromatic nitrogens is 1. The van der Waals surface area contributed by atoms with Gasteiger partial charge in [-0.05, 0) is 18.7 Å². The van der Waals surface area contributed by atoms with E-state index in [2.05, 4.69) is 17.2 Å². The van der Waals surface area contributed by atoms with Gasteiger partial charge >= 0.3 is 5.69 Å². The van der Waals surface area contributed by atoms with Crippen LogP contribution in [0.15, 0.2) is 18.3 Å². The van der Waals surface area contributed by atoms with Crippen LogP contribution in [0.1, 0.15) is 13.8 Å². The second-order valence-electron chi connectivity index (χ2n) is 3.33. The van der Waals surface area contributed by atoms with Crippen LogP contribution in [-0.2, 0) is 0 Å². The summed E-state index contributed by atoms with van der Waals surface area (Å²) in [7, 11) is 0. The van der Waals surface area contributed by atoms with Gasteiger partial charge in [0.1, 0.15) is 0 Å². The van der Waals surface area contributed by atoms with Crippen LogP contribution in [0.4, 0.5) is 11.5 Å². The van der Waals surface area contributed by atoms with Gasteiger partial charge in [0, 0.05) is 24.1 Å². The summed E-state index contributed by atoms with van der Waals surface area (Å²) >= 11 is 1.79. The molecule has 0 aliphatic rings. The Labute approximate surface area is 98.8 Å². The Hall–Kier alpha value is -1.30. The molecule has 0 aliphatic carbocycles. The van der Waals surface area contributed by atoms with E-state index in [9.17, 15) is 10.1 Å². The van der Waals surface area contributed by atoms with Gasteiger partial charge in [-0.3, -0.25) is 10.1 Å². The number of pyridine rings is 1. The first-order valence-electron chi connectivity index (χ1n) is 5.08. The quantitative estimate of drug-likeness (QED) is 0.612. The zero-order valence-electron chi connectivity index (χ0n) is 9.34. The Morgan fingerprint density at radius 2 is 2.44 bits per heavy atom. The maximum atomic E-state index is 10.7. The van der Waals surface area contributed by atoms with E-state index in [-0.39, 0.29) is 11.7 Å². The molecule has 0 aliphatic heterocycles. The van der Waals surface area contributed by atoms with Gasteiger partial charge in [0.2, 0.25) is 5.82 Å². The highest BCUT2D eigenvalue weighted by Crippen LogP contribution is 2.21. The zero-order chi connectivity index (χ0) is 12.0. The van der Waals surface area contributed by atoms with E-state index < -0.39 is 4.92 Å². The van der Waals surface area contributed by atoms with Crippen LogP contribution >= 0.6 is 11.8 Å². The van der Waals surface area contributed by atoms with E-state index in [1.165, 1.54) is 6.07 Å². The molecule has 1 aromatic heterocycles. The van der Waals surface area contributed by atoms with Gasteiger partial charge in [0.25, 0.3) is 0 Å². The molecule has 0 amide bonds. The molecule has 5 nitrogen and oxygen atoms in total. The van der Waals surface area contributed by atoms with Crippen LogP contribution in [0.25, 0.3) is 0 Å². The average molecular weight is 241 g/mol. The highest BCUT2D eigenvalue weighted by Gasteiger charge is 2.15. The number of anilines is 1. The van der Waals surface area contributed by atoms with E-state index >= 15 is 0 Å². The third kappa shape index (κ3) is 3.69. The molecule has 0 saturated heterocycles. The zero-order valence-corrected chi connectivity index (χ0v) is 10.2. The Morgan fingerprint density at radius 3 is 3.06 bits per heavy atom. The molecule has 0 bridgehead atoms. The minimum absolute atomic E-state index is 0.0239. The summed E-state index contributed by atoms with van der Waals surface area (Å²) in [5, 5.41) is 13.8. The van der Waals surface area contributed by atoms with Crippen LogP contribution in [0.3, 0.4) is 0 Å². The van der Waals surface area contributed by atoms with Crippen molar-refractivity contribution in [3.8, 4) is 0 Å². The van der Waals surface area contributed by atoms with Crippen LogP contribution in [0, 0.1) is 10.1 Å². The molecule has 0 aromatic carbocycles. The highest BCUT2D eigenvalue weighted by molar-refractivity contribution is 7.99. The number of nitro groups is 1. The number of hydrogen-bond donors (Lipinski definition) is 1. The van der Waals surface area contributed by atoms with Gasteiger partial charge in [0.15, 0.2) is 0 Å². The summed E-state index contributed by atoms with van der Waals surface area (Å²) in [6.45, 7) is 4.07. The molecule has 1 atom stereocenters. The van der Waals surface area contributed by atoms with Gasteiger partial charge < -0.3 is 5.32 Å². The Morgan fingerprint density at radius 1 is 1.69 bits per heavy atom. The smallest absolute Gasteiger partial charge is 0.311 e. The van der Waals surface area contributed by atoms with Crippen molar-refractivity contribution < 1.29 is 4.92 Å². The fraction of sp³-hybridized carbons (Fsp3) is 0.500. The molecular weight excluding hydrogens is 226 g/mol. The van der Waals surface area contributed by atoms with E-state index in [1.54, 1.807) is 24.0 Å². The largest absolute Gasteiger partial charge is 0.361 e. The lowest BCUT2D eigenvalue weighted by atomic mass is 10.3. The first-order chi connectivity index (χ1) is 7.65. The molecule has 1 N–H and O–H groups in total. The second-order valence-corrected chi connectivity index (χ2v) is 4.65. The maximum absolute atomic E-state index is 10.7. The van der Waals surface area contributed by atoms with Crippen molar-refractivity contribution in [2.75, 3.05) is 16.8 Å². The molecule has 6 heteroatoms. The van der Waals surface area contributed by atoms with Crippen LogP contribution < -0.4 is 5.32 Å². The van der Waals surface area contributed by atoms with Crippen molar-refractivity contribution in [1.82, 2.24) is 4.98 Å². The van der Waals surface area contributed by atoms with Crippen molar-refractivity contribution >= 4 is 23.3 Å². The van der Waals surface area contributed by atoms with Gasteiger partial charge in [-0.15, -0.1) is 0 Å². The number of nitrogens with one attached hydrogen (secondary N) is 1. The van der Waals surface area contributed by atoms with Gasteiger partial charge in [-0.25, -0.2) is 4.98 Å². The molecule has 1 heterocycles. The Balaban J connectivity index is 2.69. The molecule has 0 fully saturated rings. The molecule has 16 heavy (non-hydrogen) atoms. The van der Waals surface area contributed by atoms with E-state index in [0.29, 0.717) is 5.82 Å². The lowest BCUT2D eigenvalue weighted by molar-refractivity contribution is -0.384. The lowest BCUT2D eigenvalue weighted by Crippen LogP contribution is -2.19. The summed E-state index contributed by atoms with van der Waals surface area (Å²) in [6, 6.07) is 3.18. The summed E-state index contributed by atoms with van der Waals surface area (Å²) in [4.78, 5) is 14.3. The van der Waals surface area contributed by atoms with Crippen molar-refractivity contribution in [3.05, 3.63) is 28.4 Å². The first-order valence-corrected chi connectivity index (χ1v) is 6.24. The van der Waals surface area contributed by atoms with E-state index in [1.807, 2.05) is 6.92 Å². The molecule has 0 radical (unpaired) electrons. The maximum Gasteiger partial charge on any atom is 0.311 e. The summed E-state index contributed by atoms with van der Waals surface area (Å²) in [5.41, 5.74) is 0.0239. The van der Waals surface area contributed by atoms with E-state index in [4.69, 9.17) is 0 Å². The molecular formula is C10H15N3O2S. The van der Waals surface area contributed by atoms with Crippen LogP contribution in [-0.4, -0.2) is 27.5 Å². The minimum atomic E-state index is -0.422. The fourth-order valence-corrected chi connectivity index (χ4v) is 1.90. The number of rotatable bonds is 6. The molecule has 0 saturated carbocycles.